The van der Waals surface area contributed by atoms with Gasteiger partial charge in [0.15, 0.2) is 0 Å². The molecule has 5 nitrogen and oxygen atoms in total. The number of aliphatic hydroxyl groups is 1. The number of aliphatic hydroxyl groups excluding tert-OH is 1. The first kappa shape index (κ1) is 18.9. The van der Waals surface area contributed by atoms with Crippen LogP contribution in [0, 0.1) is 0 Å². The molecular weight excluding hydrogens is 420 g/mol. The number of para-hydroxylation sites is 1. The Hall–Kier alpha value is -2.44. The molecule has 1 heterocycles. The van der Waals surface area contributed by atoms with E-state index in [1.54, 1.807) is 18.3 Å². The Morgan fingerprint density at radius 2 is 1.89 bits per heavy atom. The fourth-order valence-corrected chi connectivity index (χ4v) is 4.04. The number of hydrogen-bond donors (Lipinski definition) is 2. The lowest BCUT2D eigenvalue weighted by Gasteiger charge is -2.18. The smallest absolute Gasteiger partial charge is 0.257 e. The third kappa shape index (κ3) is 3.75. The lowest BCUT2D eigenvalue weighted by Crippen LogP contribution is -2.41. The number of pyridine rings is 1. The van der Waals surface area contributed by atoms with Crippen LogP contribution in [0.4, 0.5) is 0 Å². The molecule has 1 aliphatic rings. The third-order valence-electron chi connectivity index (χ3n) is 5.29. The van der Waals surface area contributed by atoms with E-state index in [1.165, 1.54) is 0 Å². The first-order valence-corrected chi connectivity index (χ1v) is 10.2. The minimum atomic E-state index is -0.547. The number of benzene rings is 2. The van der Waals surface area contributed by atoms with E-state index in [0.717, 1.165) is 28.4 Å². The monoisotopic (exact) mass is 440 g/mol. The van der Waals surface area contributed by atoms with Gasteiger partial charge >= 0.3 is 0 Å². The fourth-order valence-electron chi connectivity index (χ4n) is 3.78. The number of nitrogens with one attached hydrogen (secondary N) is 1. The van der Waals surface area contributed by atoms with Crippen molar-refractivity contribution in [3.8, 4) is 0 Å². The lowest BCUT2D eigenvalue weighted by molar-refractivity contribution is 0.0871. The number of amides is 1. The summed E-state index contributed by atoms with van der Waals surface area (Å²) in [4.78, 5) is 25.7. The van der Waals surface area contributed by atoms with Gasteiger partial charge in [0.1, 0.15) is 5.56 Å². The molecule has 1 aromatic heterocycles. The van der Waals surface area contributed by atoms with Crippen LogP contribution in [0.2, 0.25) is 0 Å². The average molecular weight is 441 g/mol. The highest BCUT2D eigenvalue weighted by Crippen LogP contribution is 2.20. The van der Waals surface area contributed by atoms with Gasteiger partial charge in [-0.3, -0.25) is 9.59 Å². The summed E-state index contributed by atoms with van der Waals surface area (Å²) in [5, 5.41) is 13.3. The van der Waals surface area contributed by atoms with Crippen LogP contribution in [0.3, 0.4) is 0 Å². The van der Waals surface area contributed by atoms with Crippen LogP contribution >= 0.6 is 15.9 Å². The predicted octanol–water partition coefficient (Wildman–Crippen LogP) is 3.46. The summed E-state index contributed by atoms with van der Waals surface area (Å²) in [7, 11) is 0. The van der Waals surface area contributed by atoms with Gasteiger partial charge in [0, 0.05) is 22.6 Å². The van der Waals surface area contributed by atoms with E-state index < -0.39 is 12.0 Å². The Labute approximate surface area is 171 Å². The first-order chi connectivity index (χ1) is 13.5. The second-order valence-corrected chi connectivity index (χ2v) is 8.14. The van der Waals surface area contributed by atoms with Crippen molar-refractivity contribution in [2.24, 2.45) is 0 Å². The molecule has 0 aliphatic heterocycles. The molecule has 1 unspecified atom stereocenters. The average Bonchev–Trinajstić information content (AvgIpc) is 3.10. The van der Waals surface area contributed by atoms with Gasteiger partial charge < -0.3 is 15.0 Å². The van der Waals surface area contributed by atoms with Crippen molar-refractivity contribution in [2.45, 2.75) is 38.0 Å². The summed E-state index contributed by atoms with van der Waals surface area (Å²) in [6.45, 7) is 0.542. The molecule has 3 aromatic rings. The third-order valence-corrected chi connectivity index (χ3v) is 5.82. The SMILES string of the molecule is O=C(NC1CCC[C@@H]1O)c1cn(Cc2ccc(Br)cc2)c2ccccc2c1=O. The fraction of sp³-hybridized carbons (Fsp3) is 0.273. The van der Waals surface area contributed by atoms with Crippen molar-refractivity contribution in [1.29, 1.82) is 0 Å². The van der Waals surface area contributed by atoms with Gasteiger partial charge in [-0.05, 0) is 49.1 Å². The van der Waals surface area contributed by atoms with Crippen LogP contribution in [0.1, 0.15) is 35.2 Å². The van der Waals surface area contributed by atoms with Crippen LogP contribution < -0.4 is 10.7 Å². The molecule has 2 aromatic carbocycles. The predicted molar refractivity (Wildman–Crippen MR) is 113 cm³/mol. The van der Waals surface area contributed by atoms with Gasteiger partial charge in [0.2, 0.25) is 5.43 Å². The van der Waals surface area contributed by atoms with Gasteiger partial charge in [-0.15, -0.1) is 0 Å². The molecular formula is C22H21BrN2O3. The van der Waals surface area contributed by atoms with E-state index >= 15 is 0 Å². The number of hydrogen-bond acceptors (Lipinski definition) is 3. The molecule has 0 bridgehead atoms. The maximum Gasteiger partial charge on any atom is 0.257 e. The van der Waals surface area contributed by atoms with Crippen LogP contribution in [0.25, 0.3) is 10.9 Å². The Balaban J connectivity index is 1.74. The quantitative estimate of drug-likeness (QED) is 0.652. The number of nitrogens with zero attached hydrogens (tertiary/aromatic N) is 1. The molecule has 0 saturated heterocycles. The standard InChI is InChI=1S/C22H21BrN2O3/c23-15-10-8-14(9-11-15)12-25-13-17(21(27)16-4-1-2-6-19(16)25)22(28)24-18-5-3-7-20(18)26/h1-2,4,6,8-11,13,18,20,26H,3,5,7,12H2,(H,24,28)/t18?,20-/m0/s1. The van der Waals surface area contributed by atoms with E-state index in [-0.39, 0.29) is 17.0 Å². The Kier molecular flexibility index (Phi) is 5.33. The number of halogens is 1. The van der Waals surface area contributed by atoms with Crippen LogP contribution in [-0.2, 0) is 6.54 Å². The summed E-state index contributed by atoms with van der Waals surface area (Å²) in [5.74, 6) is -0.425. The van der Waals surface area contributed by atoms with Crippen molar-refractivity contribution in [3.05, 3.63) is 80.6 Å². The maximum atomic E-state index is 12.9. The van der Waals surface area contributed by atoms with Crippen molar-refractivity contribution in [3.63, 3.8) is 0 Å². The molecule has 6 heteroatoms. The normalized spacial score (nSPS) is 19.1. The van der Waals surface area contributed by atoms with Crippen molar-refractivity contribution < 1.29 is 9.90 Å². The van der Waals surface area contributed by atoms with Gasteiger partial charge in [0.25, 0.3) is 5.91 Å². The molecule has 0 radical (unpaired) electrons. The molecule has 1 fully saturated rings. The summed E-state index contributed by atoms with van der Waals surface area (Å²) >= 11 is 3.44. The van der Waals surface area contributed by atoms with Gasteiger partial charge in [-0.1, -0.05) is 40.2 Å². The summed E-state index contributed by atoms with van der Waals surface area (Å²) in [6.07, 6.45) is 3.36. The second kappa shape index (κ2) is 7.89. The highest BCUT2D eigenvalue weighted by atomic mass is 79.9. The number of carbonyl (C=O) groups excluding carboxylic acids is 1. The van der Waals surface area contributed by atoms with E-state index in [9.17, 15) is 14.7 Å². The minimum Gasteiger partial charge on any atom is -0.391 e. The summed E-state index contributed by atoms with van der Waals surface area (Å²) in [5.41, 5.74) is 1.67. The van der Waals surface area contributed by atoms with E-state index in [1.807, 2.05) is 41.0 Å². The second-order valence-electron chi connectivity index (χ2n) is 7.22. The largest absolute Gasteiger partial charge is 0.391 e. The van der Waals surface area contributed by atoms with Gasteiger partial charge in [-0.2, -0.15) is 0 Å². The Morgan fingerprint density at radius 3 is 2.61 bits per heavy atom. The molecule has 28 heavy (non-hydrogen) atoms. The van der Waals surface area contributed by atoms with Crippen molar-refractivity contribution in [1.82, 2.24) is 9.88 Å². The summed E-state index contributed by atoms with van der Waals surface area (Å²) < 4.78 is 2.93. The minimum absolute atomic E-state index is 0.106. The highest BCUT2D eigenvalue weighted by molar-refractivity contribution is 9.10. The zero-order valence-corrected chi connectivity index (χ0v) is 16.9. The number of aromatic nitrogens is 1. The van der Waals surface area contributed by atoms with Crippen LogP contribution in [0.15, 0.2) is 64.0 Å². The topological polar surface area (TPSA) is 71.3 Å². The maximum absolute atomic E-state index is 12.9. The lowest BCUT2D eigenvalue weighted by atomic mass is 10.1. The molecule has 144 valence electrons. The van der Waals surface area contributed by atoms with Crippen LogP contribution in [-0.4, -0.2) is 27.7 Å². The Bertz CT molecular complexity index is 1080. The summed E-state index contributed by atoms with van der Waals surface area (Å²) in [6, 6.07) is 15.0. The molecule has 1 amide bonds. The molecule has 4 rings (SSSR count). The molecule has 0 spiro atoms. The molecule has 1 aliphatic carbocycles. The highest BCUT2D eigenvalue weighted by Gasteiger charge is 2.28. The van der Waals surface area contributed by atoms with Crippen LogP contribution in [0.5, 0.6) is 0 Å². The van der Waals surface area contributed by atoms with E-state index in [2.05, 4.69) is 21.2 Å². The van der Waals surface area contributed by atoms with Gasteiger partial charge in [-0.25, -0.2) is 0 Å². The van der Waals surface area contributed by atoms with Crippen molar-refractivity contribution >= 4 is 32.7 Å². The van der Waals surface area contributed by atoms with Gasteiger partial charge in [0.05, 0.1) is 17.7 Å². The number of carbonyl (C=O) groups is 1. The van der Waals surface area contributed by atoms with E-state index in [0.29, 0.717) is 18.4 Å². The first-order valence-electron chi connectivity index (χ1n) is 9.38. The van der Waals surface area contributed by atoms with E-state index in [4.69, 9.17) is 0 Å². The number of rotatable bonds is 4. The molecule has 1 saturated carbocycles. The van der Waals surface area contributed by atoms with Crippen molar-refractivity contribution in [2.75, 3.05) is 0 Å². The zero-order chi connectivity index (χ0) is 19.7. The zero-order valence-electron chi connectivity index (χ0n) is 15.3. The molecule has 2 atom stereocenters. The Morgan fingerprint density at radius 1 is 1.14 bits per heavy atom. The molecule has 2 N–H and O–H groups in total. The number of fused-ring (bicyclic) bond motifs is 1.